The highest BCUT2D eigenvalue weighted by Crippen LogP contribution is 2.73. The lowest BCUT2D eigenvalue weighted by atomic mass is 9.98. The van der Waals surface area contributed by atoms with Crippen LogP contribution in [0.4, 0.5) is 4.79 Å². The van der Waals surface area contributed by atoms with Gasteiger partial charge in [-0.2, -0.15) is 0 Å². The van der Waals surface area contributed by atoms with Crippen LogP contribution in [-0.2, 0) is 20.9 Å². The van der Waals surface area contributed by atoms with E-state index in [9.17, 15) is 19.5 Å². The van der Waals surface area contributed by atoms with Gasteiger partial charge in [0, 0.05) is 4.75 Å². The Kier molecular flexibility index (Phi) is 4.28. The molecule has 2 aliphatic rings. The van der Waals surface area contributed by atoms with Gasteiger partial charge < -0.3 is 20.5 Å². The van der Waals surface area contributed by atoms with Crippen molar-refractivity contribution in [2.24, 2.45) is 5.73 Å². The number of nitrogens with two attached hydrogens (primary N) is 1. The number of esters is 1. The van der Waals surface area contributed by atoms with E-state index in [4.69, 9.17) is 10.5 Å². The van der Waals surface area contributed by atoms with Crippen LogP contribution >= 0.6 is 10.0 Å². The summed E-state index contributed by atoms with van der Waals surface area (Å²) in [4.78, 5) is 38.5. The SMILES string of the molecule is CC1(C)[C@H](C(=O)OCc2ccccc2)N2C(=O)C[C@H]2[S@@]1(CO)C(N)=O. The van der Waals surface area contributed by atoms with Gasteiger partial charge in [-0.05, 0) is 19.4 Å². The standard InChI is InChI=1S/C17H22N2O5S/c1-17(2)14(15(22)24-9-11-6-4-3-5-7-11)19-12(21)8-13(19)25(17,10-20)16(18)23/h3-7,13-14,20H,8-10H2,1-2H3,(H2,18,23)/t13-,14+/m1/s1. The van der Waals surface area contributed by atoms with Gasteiger partial charge in [0.1, 0.15) is 12.6 Å². The van der Waals surface area contributed by atoms with Crippen LogP contribution in [0.15, 0.2) is 30.3 Å². The molecule has 3 rings (SSSR count). The minimum absolute atomic E-state index is 0.0803. The van der Waals surface area contributed by atoms with E-state index in [1.54, 1.807) is 13.8 Å². The van der Waals surface area contributed by atoms with E-state index in [1.807, 2.05) is 30.3 Å². The summed E-state index contributed by atoms with van der Waals surface area (Å²) in [5.74, 6) is -1.23. The summed E-state index contributed by atoms with van der Waals surface area (Å²) in [5.41, 5.74) is 6.45. The van der Waals surface area contributed by atoms with Crippen molar-refractivity contribution in [1.29, 1.82) is 0 Å². The van der Waals surface area contributed by atoms with Crippen LogP contribution in [0.2, 0.25) is 0 Å². The summed E-state index contributed by atoms with van der Waals surface area (Å²) in [6, 6.07) is 8.28. The Balaban J connectivity index is 1.88. The van der Waals surface area contributed by atoms with Crippen molar-refractivity contribution in [3.8, 4) is 0 Å². The predicted octanol–water partition coefficient (Wildman–Crippen LogP) is 1.28. The number of carbonyl (C=O) groups is 3. The molecular weight excluding hydrogens is 344 g/mol. The van der Waals surface area contributed by atoms with Crippen LogP contribution in [-0.4, -0.2) is 49.2 Å². The molecule has 0 aliphatic carbocycles. The molecule has 25 heavy (non-hydrogen) atoms. The molecule has 0 spiro atoms. The fraction of sp³-hybridized carbons (Fsp3) is 0.471. The van der Waals surface area contributed by atoms with Crippen LogP contribution in [0.25, 0.3) is 0 Å². The number of hydrogen-bond donors (Lipinski definition) is 2. The lowest BCUT2D eigenvalue weighted by Crippen LogP contribution is -2.57. The molecule has 0 unspecified atom stereocenters. The van der Waals surface area contributed by atoms with Crippen LogP contribution in [0.3, 0.4) is 0 Å². The van der Waals surface area contributed by atoms with Crippen molar-refractivity contribution in [3.05, 3.63) is 35.9 Å². The first-order valence-electron chi connectivity index (χ1n) is 7.99. The number of aliphatic hydroxyl groups is 1. The molecule has 8 heteroatoms. The lowest BCUT2D eigenvalue weighted by molar-refractivity contribution is -0.162. The monoisotopic (exact) mass is 366 g/mol. The fourth-order valence-corrected chi connectivity index (χ4v) is 7.63. The number of hydrogen-bond acceptors (Lipinski definition) is 5. The van der Waals surface area contributed by atoms with E-state index in [0.29, 0.717) is 0 Å². The van der Waals surface area contributed by atoms with Gasteiger partial charge in [0.2, 0.25) is 5.91 Å². The molecule has 0 radical (unpaired) electrons. The quantitative estimate of drug-likeness (QED) is 0.616. The molecule has 2 fully saturated rings. The summed E-state index contributed by atoms with van der Waals surface area (Å²) in [7, 11) is -2.45. The van der Waals surface area contributed by atoms with E-state index in [0.717, 1.165) is 5.56 Å². The Morgan fingerprint density at radius 1 is 1.36 bits per heavy atom. The highest BCUT2D eigenvalue weighted by molar-refractivity contribution is 8.46. The maximum absolute atomic E-state index is 12.8. The van der Waals surface area contributed by atoms with Crippen LogP contribution < -0.4 is 5.73 Å². The van der Waals surface area contributed by atoms with E-state index < -0.39 is 43.3 Å². The Morgan fingerprint density at radius 3 is 2.52 bits per heavy atom. The molecule has 136 valence electrons. The number of carbonyl (C=O) groups excluding carboxylic acids is 3. The van der Waals surface area contributed by atoms with E-state index in [2.05, 4.69) is 0 Å². The second-order valence-corrected chi connectivity index (χ2v) is 10.6. The minimum Gasteiger partial charge on any atom is -0.459 e. The number of nitrogens with zero attached hydrogens (tertiary/aromatic N) is 1. The molecule has 3 atom stereocenters. The maximum Gasteiger partial charge on any atom is 0.330 e. The van der Waals surface area contributed by atoms with Crippen molar-refractivity contribution < 1.29 is 24.2 Å². The van der Waals surface area contributed by atoms with Crippen molar-refractivity contribution in [1.82, 2.24) is 4.90 Å². The second kappa shape index (κ2) is 6.03. The smallest absolute Gasteiger partial charge is 0.330 e. The molecular formula is C17H22N2O5S. The molecule has 1 aromatic rings. The Hall–Kier alpha value is -2.06. The fourth-order valence-electron chi connectivity index (χ4n) is 3.85. The zero-order chi connectivity index (χ0) is 18.4. The van der Waals surface area contributed by atoms with Gasteiger partial charge in [-0.15, -0.1) is 10.0 Å². The minimum atomic E-state index is -2.45. The third kappa shape index (κ3) is 2.35. The summed E-state index contributed by atoms with van der Waals surface area (Å²) >= 11 is 0. The topological polar surface area (TPSA) is 110 Å². The number of β-lactam (4-membered cyclic amide) rings is 1. The zero-order valence-electron chi connectivity index (χ0n) is 14.2. The normalized spacial score (nSPS) is 29.7. The summed E-state index contributed by atoms with van der Waals surface area (Å²) in [5, 5.41) is 8.87. The van der Waals surface area contributed by atoms with Gasteiger partial charge in [-0.25, -0.2) is 4.79 Å². The molecule has 7 nitrogen and oxygen atoms in total. The molecule has 0 saturated carbocycles. The third-order valence-electron chi connectivity index (χ3n) is 5.30. The number of primary amides is 1. The third-order valence-corrected chi connectivity index (χ3v) is 9.85. The van der Waals surface area contributed by atoms with Gasteiger partial charge in [0.25, 0.3) is 5.24 Å². The Morgan fingerprint density at radius 2 is 2.00 bits per heavy atom. The molecule has 2 heterocycles. The number of benzene rings is 1. The molecule has 2 saturated heterocycles. The van der Waals surface area contributed by atoms with Crippen LogP contribution in [0.5, 0.6) is 0 Å². The highest BCUT2D eigenvalue weighted by atomic mass is 32.3. The van der Waals surface area contributed by atoms with Gasteiger partial charge in [-0.1, -0.05) is 30.3 Å². The van der Waals surface area contributed by atoms with Crippen molar-refractivity contribution >= 4 is 27.1 Å². The van der Waals surface area contributed by atoms with Crippen molar-refractivity contribution in [2.45, 2.75) is 43.0 Å². The first kappa shape index (κ1) is 17.8. The molecule has 2 aliphatic heterocycles. The van der Waals surface area contributed by atoms with Crippen LogP contribution in [0, 0.1) is 0 Å². The first-order chi connectivity index (χ1) is 11.8. The molecule has 3 N–H and O–H groups in total. The number of ether oxygens (including phenoxy) is 1. The van der Waals surface area contributed by atoms with E-state index >= 15 is 0 Å². The largest absolute Gasteiger partial charge is 0.459 e. The Bertz CT molecular complexity index is 723. The average molecular weight is 366 g/mol. The average Bonchev–Trinajstić information content (AvgIpc) is 2.74. The number of amides is 2. The van der Waals surface area contributed by atoms with E-state index in [1.165, 1.54) is 4.90 Å². The second-order valence-electron chi connectivity index (χ2n) is 6.80. The van der Waals surface area contributed by atoms with Gasteiger partial charge >= 0.3 is 5.97 Å². The van der Waals surface area contributed by atoms with Crippen molar-refractivity contribution in [2.75, 3.05) is 5.94 Å². The molecule has 0 aromatic heterocycles. The Labute approximate surface area is 147 Å². The summed E-state index contributed by atoms with van der Waals surface area (Å²) < 4.78 is 4.45. The number of aliphatic hydroxyl groups excluding tert-OH is 1. The highest BCUT2D eigenvalue weighted by Gasteiger charge is 2.71. The van der Waals surface area contributed by atoms with Crippen molar-refractivity contribution in [3.63, 3.8) is 0 Å². The maximum atomic E-state index is 12.8. The number of rotatable bonds is 4. The molecule has 1 aromatic carbocycles. The molecule has 0 bridgehead atoms. The number of fused-ring (bicyclic) bond motifs is 1. The lowest BCUT2D eigenvalue weighted by Gasteiger charge is -2.47. The van der Waals surface area contributed by atoms with Gasteiger partial charge in [-0.3, -0.25) is 9.59 Å². The van der Waals surface area contributed by atoms with E-state index in [-0.39, 0.29) is 18.9 Å². The predicted molar refractivity (Wildman–Crippen MR) is 93.6 cm³/mol. The van der Waals surface area contributed by atoms with Gasteiger partial charge in [0.05, 0.1) is 17.7 Å². The summed E-state index contributed by atoms with van der Waals surface area (Å²) in [6.07, 6.45) is 0.130. The first-order valence-corrected chi connectivity index (χ1v) is 9.85. The summed E-state index contributed by atoms with van der Waals surface area (Å²) in [6.45, 7) is 3.50. The molecule has 2 amide bonds. The zero-order valence-corrected chi connectivity index (χ0v) is 15.0. The van der Waals surface area contributed by atoms with Gasteiger partial charge in [0.15, 0.2) is 0 Å². The van der Waals surface area contributed by atoms with Crippen LogP contribution in [0.1, 0.15) is 25.8 Å².